The lowest BCUT2D eigenvalue weighted by Gasteiger charge is -2.20. The molecule has 0 N–H and O–H groups in total. The molecule has 0 fully saturated rings. The molecular weight excluding hydrogens is 553 g/mol. The minimum Gasteiger partial charge on any atom is -0.0622 e. The van der Waals surface area contributed by atoms with E-state index in [1.807, 2.05) is 0 Å². The molecule has 0 aromatic heterocycles. The highest BCUT2D eigenvalue weighted by atomic mass is 14.2. The van der Waals surface area contributed by atoms with E-state index in [-0.39, 0.29) is 0 Å². The van der Waals surface area contributed by atoms with Gasteiger partial charge in [-0.1, -0.05) is 158 Å². The molecule has 10 aromatic carbocycles. The molecule has 46 heavy (non-hydrogen) atoms. The van der Waals surface area contributed by atoms with E-state index < -0.39 is 0 Å². The molecule has 10 aromatic rings. The smallest absolute Gasteiger partial charge is 0.000741 e. The van der Waals surface area contributed by atoms with Gasteiger partial charge in [0.05, 0.1) is 0 Å². The van der Waals surface area contributed by atoms with Crippen LogP contribution in [-0.4, -0.2) is 0 Å². The SMILES string of the molecule is c1ccc(-c2ccc3c(c2)c2ccccc2c2c3c3ccccc3c3c4ccc(-c5ccccc5)cc4c4ccccc4c32)cc1. The van der Waals surface area contributed by atoms with E-state index >= 15 is 0 Å². The fraction of sp³-hybridized carbons (Fsp3) is 0. The van der Waals surface area contributed by atoms with Crippen LogP contribution >= 0.6 is 0 Å². The predicted molar refractivity (Wildman–Crippen MR) is 200 cm³/mol. The average molecular weight is 581 g/mol. The molecule has 0 spiro atoms. The zero-order valence-corrected chi connectivity index (χ0v) is 25.2. The fourth-order valence-corrected chi connectivity index (χ4v) is 8.00. The summed E-state index contributed by atoms with van der Waals surface area (Å²) in [4.78, 5) is 0. The Labute approximate surface area is 266 Å². The van der Waals surface area contributed by atoms with Crippen molar-refractivity contribution >= 4 is 75.4 Å². The Bertz CT molecular complexity index is 2630. The van der Waals surface area contributed by atoms with Gasteiger partial charge in [-0.15, -0.1) is 0 Å². The number of hydrogen-bond acceptors (Lipinski definition) is 0. The second-order valence-electron chi connectivity index (χ2n) is 12.4. The van der Waals surface area contributed by atoms with Crippen LogP contribution in [0.5, 0.6) is 0 Å². The first-order valence-corrected chi connectivity index (χ1v) is 16.0. The van der Waals surface area contributed by atoms with Gasteiger partial charge in [0.15, 0.2) is 0 Å². The molecule has 0 aliphatic rings. The van der Waals surface area contributed by atoms with Crippen LogP contribution in [0.2, 0.25) is 0 Å². The second kappa shape index (κ2) is 9.76. The number of benzene rings is 10. The highest BCUT2D eigenvalue weighted by Gasteiger charge is 2.20. The van der Waals surface area contributed by atoms with Crippen LogP contribution in [0.25, 0.3) is 97.7 Å². The van der Waals surface area contributed by atoms with Crippen molar-refractivity contribution in [3.8, 4) is 22.3 Å². The van der Waals surface area contributed by atoms with Crippen molar-refractivity contribution in [1.29, 1.82) is 0 Å². The molecule has 0 aliphatic carbocycles. The maximum atomic E-state index is 2.40. The van der Waals surface area contributed by atoms with Crippen LogP contribution in [-0.2, 0) is 0 Å². The van der Waals surface area contributed by atoms with E-state index in [0.717, 1.165) is 0 Å². The van der Waals surface area contributed by atoms with Gasteiger partial charge in [0.2, 0.25) is 0 Å². The monoisotopic (exact) mass is 580 g/mol. The Morgan fingerprint density at radius 3 is 0.870 bits per heavy atom. The minimum atomic E-state index is 1.24. The zero-order valence-electron chi connectivity index (χ0n) is 25.2. The standard InChI is InChI=1S/C46H28/c1-3-13-29(14-4-1)31-23-25-39-41(27-31)33-17-7-9-19-35(33)45-43(39)37-21-11-12-22-38(37)44-40-26-24-32(30-15-5-2-6-16-30)28-42(40)34-18-8-10-20-36(34)46(44)45/h1-28H. The molecule has 10 rings (SSSR count). The highest BCUT2D eigenvalue weighted by Crippen LogP contribution is 2.49. The van der Waals surface area contributed by atoms with Gasteiger partial charge in [-0.05, 0) is 110 Å². The van der Waals surface area contributed by atoms with Crippen molar-refractivity contribution in [2.75, 3.05) is 0 Å². The first-order valence-electron chi connectivity index (χ1n) is 16.0. The van der Waals surface area contributed by atoms with Gasteiger partial charge in [0.25, 0.3) is 0 Å². The molecule has 0 atom stereocenters. The molecule has 0 amide bonds. The van der Waals surface area contributed by atoms with E-state index in [1.54, 1.807) is 0 Å². The van der Waals surface area contributed by atoms with Gasteiger partial charge >= 0.3 is 0 Å². The zero-order chi connectivity index (χ0) is 30.2. The lowest BCUT2D eigenvalue weighted by Crippen LogP contribution is -1.92. The number of fused-ring (bicyclic) bond motifs is 16. The van der Waals surface area contributed by atoms with Gasteiger partial charge < -0.3 is 0 Å². The number of rotatable bonds is 2. The summed E-state index contributed by atoms with van der Waals surface area (Å²) in [7, 11) is 0. The minimum absolute atomic E-state index is 1.24. The largest absolute Gasteiger partial charge is 0.0622 e. The summed E-state index contributed by atoms with van der Waals surface area (Å²) in [5.41, 5.74) is 4.97. The molecule has 0 nitrogen and oxygen atoms in total. The van der Waals surface area contributed by atoms with E-state index in [2.05, 4.69) is 170 Å². The molecule has 0 aliphatic heterocycles. The third kappa shape index (κ3) is 3.56. The first-order chi connectivity index (χ1) is 22.8. The van der Waals surface area contributed by atoms with Crippen LogP contribution in [0.15, 0.2) is 170 Å². The molecule has 212 valence electrons. The van der Waals surface area contributed by atoms with Crippen molar-refractivity contribution in [2.24, 2.45) is 0 Å². The summed E-state index contributed by atoms with van der Waals surface area (Å²) < 4.78 is 0. The molecule has 0 bridgehead atoms. The summed E-state index contributed by atoms with van der Waals surface area (Å²) in [6.07, 6.45) is 0. The quantitative estimate of drug-likeness (QED) is 0.178. The van der Waals surface area contributed by atoms with Gasteiger partial charge in [0, 0.05) is 0 Å². The average Bonchev–Trinajstić information content (AvgIpc) is 3.14. The summed E-state index contributed by atoms with van der Waals surface area (Å²) in [5.74, 6) is 0. The molecule has 0 heteroatoms. The Kier molecular flexibility index (Phi) is 5.38. The Morgan fingerprint density at radius 1 is 0.174 bits per heavy atom. The Balaban J connectivity index is 1.47. The Hall–Kier alpha value is -5.98. The second-order valence-corrected chi connectivity index (χ2v) is 12.4. The molecule has 0 saturated carbocycles. The molecular formula is C46H28. The lowest BCUT2D eigenvalue weighted by atomic mass is 9.82. The molecule has 0 saturated heterocycles. The summed E-state index contributed by atoms with van der Waals surface area (Å²) in [6, 6.07) is 62.7. The third-order valence-electron chi connectivity index (χ3n) is 9.98. The van der Waals surface area contributed by atoms with Gasteiger partial charge in [-0.2, -0.15) is 0 Å². The van der Waals surface area contributed by atoms with Crippen LogP contribution < -0.4 is 0 Å². The maximum Gasteiger partial charge on any atom is -0.000741 e. The summed E-state index contributed by atoms with van der Waals surface area (Å²) >= 11 is 0. The van der Waals surface area contributed by atoms with Crippen LogP contribution in [0.1, 0.15) is 0 Å². The fourth-order valence-electron chi connectivity index (χ4n) is 8.00. The molecule has 0 radical (unpaired) electrons. The number of hydrogen-bond donors (Lipinski definition) is 0. The summed E-state index contributed by atoms with van der Waals surface area (Å²) in [5, 5.41) is 18.4. The topological polar surface area (TPSA) is 0 Å². The van der Waals surface area contributed by atoms with Crippen molar-refractivity contribution in [3.05, 3.63) is 170 Å². The van der Waals surface area contributed by atoms with Crippen molar-refractivity contribution in [1.82, 2.24) is 0 Å². The van der Waals surface area contributed by atoms with Crippen LogP contribution in [0, 0.1) is 0 Å². The molecule has 0 heterocycles. The van der Waals surface area contributed by atoms with Gasteiger partial charge in [-0.3, -0.25) is 0 Å². The Morgan fingerprint density at radius 2 is 0.478 bits per heavy atom. The van der Waals surface area contributed by atoms with E-state index in [9.17, 15) is 0 Å². The van der Waals surface area contributed by atoms with E-state index in [1.165, 1.54) is 97.7 Å². The normalized spacial score (nSPS) is 11.9. The van der Waals surface area contributed by atoms with Crippen molar-refractivity contribution in [2.45, 2.75) is 0 Å². The van der Waals surface area contributed by atoms with Crippen LogP contribution in [0.3, 0.4) is 0 Å². The van der Waals surface area contributed by atoms with Crippen molar-refractivity contribution in [3.63, 3.8) is 0 Å². The van der Waals surface area contributed by atoms with Crippen LogP contribution in [0.4, 0.5) is 0 Å². The maximum absolute atomic E-state index is 2.40. The van der Waals surface area contributed by atoms with E-state index in [0.29, 0.717) is 0 Å². The summed E-state index contributed by atoms with van der Waals surface area (Å²) in [6.45, 7) is 0. The van der Waals surface area contributed by atoms with E-state index in [4.69, 9.17) is 0 Å². The van der Waals surface area contributed by atoms with Crippen molar-refractivity contribution < 1.29 is 0 Å². The lowest BCUT2D eigenvalue weighted by molar-refractivity contribution is 1.65. The highest BCUT2D eigenvalue weighted by molar-refractivity contribution is 6.46. The third-order valence-corrected chi connectivity index (χ3v) is 9.98. The first kappa shape index (κ1) is 25.4. The predicted octanol–water partition coefficient (Wildman–Crippen LogP) is 13.1. The van der Waals surface area contributed by atoms with Gasteiger partial charge in [-0.25, -0.2) is 0 Å². The van der Waals surface area contributed by atoms with Gasteiger partial charge in [0.1, 0.15) is 0 Å². The molecule has 0 unspecified atom stereocenters.